The Hall–Kier alpha value is -1.77. The number of alkyl halides is 3. The number of rotatable bonds is 4. The van der Waals surface area contributed by atoms with E-state index < -0.39 is 17.9 Å². The van der Waals surface area contributed by atoms with Gasteiger partial charge in [-0.05, 0) is 18.2 Å². The molecular weight excluding hydrogens is 309 g/mol. The van der Waals surface area contributed by atoms with Gasteiger partial charge in [0.15, 0.2) is 17.3 Å². The van der Waals surface area contributed by atoms with Crippen LogP contribution < -0.4 is 15.2 Å². The zero-order chi connectivity index (χ0) is 15.5. The standard InChI is InChI=1S/C12H13F3N2O3S/c13-12(14,15)8(11(16)17-18)6-21-7-1-2-9-10(5-7)20-4-3-19-9/h1-2,5,8,18H,3-4,6H2,(H2,16,17). The van der Waals surface area contributed by atoms with E-state index in [0.717, 1.165) is 11.8 Å². The third kappa shape index (κ3) is 3.87. The molecule has 0 amide bonds. The molecule has 0 aromatic heterocycles. The summed E-state index contributed by atoms with van der Waals surface area (Å²) in [5.74, 6) is -2.19. The molecule has 9 heteroatoms. The van der Waals surface area contributed by atoms with Crippen molar-refractivity contribution in [1.82, 2.24) is 0 Å². The summed E-state index contributed by atoms with van der Waals surface area (Å²) >= 11 is 0.944. The first-order valence-electron chi connectivity index (χ1n) is 5.98. The van der Waals surface area contributed by atoms with E-state index in [1.165, 1.54) is 0 Å². The number of hydrogen-bond donors (Lipinski definition) is 2. The summed E-state index contributed by atoms with van der Waals surface area (Å²) in [5.41, 5.74) is 5.10. The van der Waals surface area contributed by atoms with Gasteiger partial charge in [0.1, 0.15) is 19.1 Å². The summed E-state index contributed by atoms with van der Waals surface area (Å²) in [4.78, 5) is 0.583. The van der Waals surface area contributed by atoms with Crippen molar-refractivity contribution in [1.29, 1.82) is 0 Å². The number of halogens is 3. The number of amidine groups is 1. The number of hydrogen-bond acceptors (Lipinski definition) is 5. The molecule has 1 aliphatic heterocycles. The Morgan fingerprint density at radius 3 is 2.62 bits per heavy atom. The van der Waals surface area contributed by atoms with Gasteiger partial charge in [0.25, 0.3) is 0 Å². The van der Waals surface area contributed by atoms with Crippen LogP contribution in [0.2, 0.25) is 0 Å². The molecule has 0 aliphatic carbocycles. The average Bonchev–Trinajstić information content (AvgIpc) is 2.45. The molecule has 1 heterocycles. The van der Waals surface area contributed by atoms with E-state index in [1.54, 1.807) is 18.2 Å². The van der Waals surface area contributed by atoms with Crippen molar-refractivity contribution in [2.45, 2.75) is 11.1 Å². The van der Waals surface area contributed by atoms with Crippen LogP contribution in [0.15, 0.2) is 28.3 Å². The van der Waals surface area contributed by atoms with Crippen LogP contribution in [-0.4, -0.2) is 36.2 Å². The number of nitrogens with zero attached hydrogens (tertiary/aromatic N) is 1. The van der Waals surface area contributed by atoms with Crippen LogP contribution in [0, 0.1) is 5.92 Å². The normalized spacial score (nSPS) is 16.6. The van der Waals surface area contributed by atoms with Gasteiger partial charge in [-0.2, -0.15) is 13.2 Å². The molecule has 1 aromatic carbocycles. The molecule has 0 bridgehead atoms. The second kappa shape index (κ2) is 6.33. The van der Waals surface area contributed by atoms with Crippen LogP contribution in [0.3, 0.4) is 0 Å². The van der Waals surface area contributed by atoms with Crippen molar-refractivity contribution in [3.05, 3.63) is 18.2 Å². The largest absolute Gasteiger partial charge is 0.486 e. The predicted molar refractivity (Wildman–Crippen MR) is 71.1 cm³/mol. The van der Waals surface area contributed by atoms with Crippen molar-refractivity contribution in [2.75, 3.05) is 19.0 Å². The Labute approximate surface area is 122 Å². The molecule has 1 aliphatic rings. The molecule has 0 radical (unpaired) electrons. The van der Waals surface area contributed by atoms with Gasteiger partial charge in [-0.25, -0.2) is 0 Å². The van der Waals surface area contributed by atoms with Crippen LogP contribution in [0.4, 0.5) is 13.2 Å². The SMILES string of the molecule is N/C(=N/O)C(CSc1ccc2c(c1)OCCO2)C(F)(F)F. The fourth-order valence-corrected chi connectivity index (χ4v) is 2.78. The van der Waals surface area contributed by atoms with E-state index in [1.807, 2.05) is 0 Å². The van der Waals surface area contributed by atoms with Crippen molar-refractivity contribution in [3.8, 4) is 11.5 Å². The highest BCUT2D eigenvalue weighted by Gasteiger charge is 2.42. The lowest BCUT2D eigenvalue weighted by molar-refractivity contribution is -0.150. The highest BCUT2D eigenvalue weighted by Crippen LogP contribution is 2.36. The summed E-state index contributed by atoms with van der Waals surface area (Å²) in [6.07, 6.45) is -4.57. The van der Waals surface area contributed by atoms with Gasteiger partial charge >= 0.3 is 6.18 Å². The summed E-state index contributed by atoms with van der Waals surface area (Å²) in [6.45, 7) is 0.843. The summed E-state index contributed by atoms with van der Waals surface area (Å²) in [7, 11) is 0. The molecule has 1 atom stereocenters. The summed E-state index contributed by atoms with van der Waals surface area (Å²) in [6, 6.07) is 4.89. The Kier molecular flexibility index (Phi) is 4.71. The van der Waals surface area contributed by atoms with Crippen molar-refractivity contribution >= 4 is 17.6 Å². The molecule has 0 saturated carbocycles. The van der Waals surface area contributed by atoms with Crippen molar-refractivity contribution in [3.63, 3.8) is 0 Å². The van der Waals surface area contributed by atoms with Gasteiger partial charge in [-0.15, -0.1) is 11.8 Å². The number of ether oxygens (including phenoxy) is 2. The van der Waals surface area contributed by atoms with Gasteiger partial charge in [0.05, 0.1) is 0 Å². The van der Waals surface area contributed by atoms with Crippen LogP contribution >= 0.6 is 11.8 Å². The van der Waals surface area contributed by atoms with Gasteiger partial charge in [-0.3, -0.25) is 0 Å². The van der Waals surface area contributed by atoms with E-state index in [0.29, 0.717) is 29.6 Å². The van der Waals surface area contributed by atoms with E-state index in [-0.39, 0.29) is 5.75 Å². The average molecular weight is 322 g/mol. The Morgan fingerprint density at radius 1 is 1.33 bits per heavy atom. The second-order valence-corrected chi connectivity index (χ2v) is 5.33. The lowest BCUT2D eigenvalue weighted by Crippen LogP contribution is -2.37. The smallest absolute Gasteiger partial charge is 0.399 e. The zero-order valence-corrected chi connectivity index (χ0v) is 11.6. The van der Waals surface area contributed by atoms with Crippen LogP contribution in [-0.2, 0) is 0 Å². The number of fused-ring (bicyclic) bond motifs is 1. The Morgan fingerprint density at radius 2 is 2.00 bits per heavy atom. The molecule has 116 valence electrons. The van der Waals surface area contributed by atoms with E-state index >= 15 is 0 Å². The summed E-state index contributed by atoms with van der Waals surface area (Å²) < 4.78 is 49.1. The molecule has 3 N–H and O–H groups in total. The first-order valence-corrected chi connectivity index (χ1v) is 6.97. The minimum atomic E-state index is -4.57. The van der Waals surface area contributed by atoms with E-state index in [9.17, 15) is 13.2 Å². The minimum absolute atomic E-state index is 0.390. The summed E-state index contributed by atoms with van der Waals surface area (Å²) in [5, 5.41) is 10.9. The molecule has 21 heavy (non-hydrogen) atoms. The highest BCUT2D eigenvalue weighted by atomic mass is 32.2. The van der Waals surface area contributed by atoms with Crippen molar-refractivity contribution < 1.29 is 27.9 Å². The second-order valence-electron chi connectivity index (χ2n) is 4.24. The van der Waals surface area contributed by atoms with Gasteiger partial charge in [-0.1, -0.05) is 5.16 Å². The maximum Gasteiger partial charge on any atom is 0.399 e. The topological polar surface area (TPSA) is 77.1 Å². The molecule has 0 saturated heterocycles. The fraction of sp³-hybridized carbons (Fsp3) is 0.417. The molecule has 1 aromatic rings. The first kappa shape index (κ1) is 15.6. The lowest BCUT2D eigenvalue weighted by atomic mass is 10.1. The molecule has 0 fully saturated rings. The number of nitrogens with two attached hydrogens (primary N) is 1. The molecular formula is C12H13F3N2O3S. The minimum Gasteiger partial charge on any atom is -0.486 e. The Bertz CT molecular complexity index is 537. The number of oxime groups is 1. The molecule has 2 rings (SSSR count). The third-order valence-corrected chi connectivity index (χ3v) is 3.89. The van der Waals surface area contributed by atoms with Crippen LogP contribution in [0.5, 0.6) is 11.5 Å². The maximum absolute atomic E-state index is 12.8. The quantitative estimate of drug-likeness (QED) is 0.293. The van der Waals surface area contributed by atoms with Crippen molar-refractivity contribution in [2.24, 2.45) is 16.8 Å². The fourth-order valence-electron chi connectivity index (χ4n) is 1.71. The van der Waals surface area contributed by atoms with E-state index in [4.69, 9.17) is 20.4 Å². The molecule has 0 spiro atoms. The first-order chi connectivity index (χ1) is 9.91. The van der Waals surface area contributed by atoms with Crippen LogP contribution in [0.1, 0.15) is 0 Å². The monoisotopic (exact) mass is 322 g/mol. The van der Waals surface area contributed by atoms with Gasteiger partial charge < -0.3 is 20.4 Å². The maximum atomic E-state index is 12.8. The lowest BCUT2D eigenvalue weighted by Gasteiger charge is -2.20. The number of benzene rings is 1. The highest BCUT2D eigenvalue weighted by molar-refractivity contribution is 7.99. The number of thioether (sulfide) groups is 1. The molecule has 5 nitrogen and oxygen atoms in total. The van der Waals surface area contributed by atoms with Gasteiger partial charge in [0, 0.05) is 10.6 Å². The molecule has 1 unspecified atom stereocenters. The third-order valence-electron chi connectivity index (χ3n) is 2.80. The van der Waals surface area contributed by atoms with Gasteiger partial charge in [0.2, 0.25) is 0 Å². The van der Waals surface area contributed by atoms with Crippen LogP contribution in [0.25, 0.3) is 0 Å². The Balaban J connectivity index is 2.07. The zero-order valence-electron chi connectivity index (χ0n) is 10.8. The predicted octanol–water partition coefficient (Wildman–Crippen LogP) is 2.47. The van der Waals surface area contributed by atoms with E-state index in [2.05, 4.69) is 5.16 Å².